The average molecular weight is 198 g/mol. The van der Waals surface area contributed by atoms with Crippen LogP contribution in [0.2, 0.25) is 0 Å². The Bertz CT molecular complexity index is 643. The van der Waals surface area contributed by atoms with E-state index in [1.807, 2.05) is 12.1 Å². The van der Waals surface area contributed by atoms with Gasteiger partial charge in [0.2, 0.25) is 0 Å². The summed E-state index contributed by atoms with van der Waals surface area (Å²) in [5.41, 5.74) is 0.819. The molecule has 0 aliphatic carbocycles. The first-order valence-electron chi connectivity index (χ1n) is 4.43. The predicted molar refractivity (Wildman–Crippen MR) is 51.3 cm³/mol. The van der Waals surface area contributed by atoms with Crippen LogP contribution in [-0.4, -0.2) is 15.6 Å². The van der Waals surface area contributed by atoms with E-state index in [9.17, 15) is 4.79 Å². The molecule has 0 bridgehead atoms. The summed E-state index contributed by atoms with van der Waals surface area (Å²) in [7, 11) is 0. The number of para-hydroxylation sites is 1. The van der Waals surface area contributed by atoms with Crippen molar-refractivity contribution in [1.82, 2.24) is 9.55 Å². The van der Waals surface area contributed by atoms with Gasteiger partial charge in [-0.05, 0) is 12.1 Å². The van der Waals surface area contributed by atoms with Crippen LogP contribution in [0.15, 0.2) is 46.9 Å². The van der Waals surface area contributed by atoms with Gasteiger partial charge < -0.3 is 4.57 Å². The van der Waals surface area contributed by atoms with Crippen LogP contribution >= 0.6 is 0 Å². The SMILES string of the molecule is O=C1N=c2cccc(-n3ccnc3)c2=N1. The molecule has 72 valence electrons. The van der Waals surface area contributed by atoms with Crippen LogP contribution in [0.1, 0.15) is 0 Å². The second-order valence-electron chi connectivity index (χ2n) is 3.12. The van der Waals surface area contributed by atoms with E-state index >= 15 is 0 Å². The third kappa shape index (κ3) is 1.17. The number of benzene rings is 1. The molecule has 1 aliphatic heterocycles. The van der Waals surface area contributed by atoms with Gasteiger partial charge in [-0.1, -0.05) is 6.07 Å². The maximum absolute atomic E-state index is 11.1. The van der Waals surface area contributed by atoms with Crippen molar-refractivity contribution in [1.29, 1.82) is 0 Å². The lowest BCUT2D eigenvalue weighted by molar-refractivity contribution is 0.256. The van der Waals surface area contributed by atoms with Gasteiger partial charge in [-0.15, -0.1) is 0 Å². The summed E-state index contributed by atoms with van der Waals surface area (Å²) in [6, 6.07) is 5.03. The zero-order valence-electron chi connectivity index (χ0n) is 7.66. The van der Waals surface area contributed by atoms with Crippen LogP contribution < -0.4 is 10.7 Å². The lowest BCUT2D eigenvalue weighted by Crippen LogP contribution is -2.25. The minimum absolute atomic E-state index is 0.447. The molecule has 2 amide bonds. The summed E-state index contributed by atoms with van der Waals surface area (Å²) >= 11 is 0. The molecule has 5 heteroatoms. The fourth-order valence-corrected chi connectivity index (χ4v) is 1.56. The first-order chi connectivity index (χ1) is 7.34. The molecule has 1 aliphatic rings. The maximum atomic E-state index is 11.1. The van der Waals surface area contributed by atoms with Gasteiger partial charge >= 0.3 is 6.03 Å². The number of amides is 2. The summed E-state index contributed by atoms with van der Waals surface area (Å²) in [6.45, 7) is 0. The van der Waals surface area contributed by atoms with E-state index in [0.717, 1.165) is 5.69 Å². The maximum Gasteiger partial charge on any atom is 0.368 e. The molecule has 2 aromatic rings. The van der Waals surface area contributed by atoms with E-state index in [2.05, 4.69) is 15.0 Å². The van der Waals surface area contributed by atoms with Crippen molar-refractivity contribution in [3.63, 3.8) is 0 Å². The standard InChI is InChI=1S/C10H6N4O/c15-10-12-7-2-1-3-8(9(7)13-10)14-5-4-11-6-14/h1-6H. The Labute approximate surface area is 84.4 Å². The Hall–Kier alpha value is -2.30. The molecular formula is C10H6N4O. The van der Waals surface area contributed by atoms with Crippen LogP contribution in [0, 0.1) is 0 Å². The Kier molecular flexibility index (Phi) is 1.53. The van der Waals surface area contributed by atoms with Crippen molar-refractivity contribution >= 4 is 6.03 Å². The van der Waals surface area contributed by atoms with Gasteiger partial charge in [-0.2, -0.15) is 9.98 Å². The number of urea groups is 1. The van der Waals surface area contributed by atoms with E-state index in [-0.39, 0.29) is 0 Å². The molecule has 3 rings (SSSR count). The van der Waals surface area contributed by atoms with Crippen molar-refractivity contribution < 1.29 is 4.79 Å². The van der Waals surface area contributed by atoms with Crippen LogP contribution in [-0.2, 0) is 0 Å². The van der Waals surface area contributed by atoms with E-state index in [0.29, 0.717) is 10.7 Å². The third-order valence-electron chi connectivity index (χ3n) is 2.20. The molecule has 1 aromatic carbocycles. The van der Waals surface area contributed by atoms with Crippen molar-refractivity contribution in [2.45, 2.75) is 0 Å². The fourth-order valence-electron chi connectivity index (χ4n) is 1.56. The minimum Gasteiger partial charge on any atom is -0.304 e. The highest BCUT2D eigenvalue weighted by molar-refractivity contribution is 5.77. The van der Waals surface area contributed by atoms with Gasteiger partial charge in [0.1, 0.15) is 5.36 Å². The van der Waals surface area contributed by atoms with Crippen LogP contribution in [0.25, 0.3) is 5.69 Å². The number of carbonyl (C=O) groups excluding carboxylic acids is 1. The number of carbonyl (C=O) groups is 1. The summed E-state index contributed by atoms with van der Waals surface area (Å²) in [5, 5.41) is 1.23. The van der Waals surface area contributed by atoms with Crippen LogP contribution in [0.4, 0.5) is 4.79 Å². The van der Waals surface area contributed by atoms with E-state index < -0.39 is 6.03 Å². The quantitative estimate of drug-likeness (QED) is 0.659. The topological polar surface area (TPSA) is 59.6 Å². The summed E-state index contributed by atoms with van der Waals surface area (Å²) < 4.78 is 1.80. The van der Waals surface area contributed by atoms with Gasteiger partial charge in [0.25, 0.3) is 0 Å². The Morgan fingerprint density at radius 1 is 1.20 bits per heavy atom. The first kappa shape index (κ1) is 8.05. The van der Waals surface area contributed by atoms with E-state index in [1.54, 1.807) is 29.4 Å². The number of hydrogen-bond acceptors (Lipinski definition) is 2. The molecule has 0 N–H and O–H groups in total. The molecule has 0 radical (unpaired) electrons. The predicted octanol–water partition coefficient (Wildman–Crippen LogP) is 0.245. The smallest absolute Gasteiger partial charge is 0.304 e. The highest BCUT2D eigenvalue weighted by Gasteiger charge is 2.09. The third-order valence-corrected chi connectivity index (χ3v) is 2.20. The Morgan fingerprint density at radius 2 is 2.13 bits per heavy atom. The molecule has 0 saturated carbocycles. The molecule has 0 fully saturated rings. The van der Waals surface area contributed by atoms with Gasteiger partial charge in [-0.3, -0.25) is 0 Å². The molecule has 0 saturated heterocycles. The van der Waals surface area contributed by atoms with Crippen molar-refractivity contribution in [2.75, 3.05) is 0 Å². The zero-order valence-corrected chi connectivity index (χ0v) is 7.66. The normalized spacial score (nSPS) is 13.2. The average Bonchev–Trinajstić information content (AvgIpc) is 2.82. The van der Waals surface area contributed by atoms with Gasteiger partial charge in [-0.25, -0.2) is 9.78 Å². The van der Waals surface area contributed by atoms with Crippen LogP contribution in [0.3, 0.4) is 0 Å². The number of rotatable bonds is 1. The first-order valence-corrected chi connectivity index (χ1v) is 4.43. The lowest BCUT2D eigenvalue weighted by Gasteiger charge is -1.99. The molecule has 0 spiro atoms. The number of imidazole rings is 1. The van der Waals surface area contributed by atoms with E-state index in [4.69, 9.17) is 0 Å². The second-order valence-corrected chi connectivity index (χ2v) is 3.12. The monoisotopic (exact) mass is 198 g/mol. The van der Waals surface area contributed by atoms with E-state index in [1.165, 1.54) is 0 Å². The number of nitrogens with zero attached hydrogens (tertiary/aromatic N) is 4. The summed E-state index contributed by atoms with van der Waals surface area (Å²) in [6.07, 6.45) is 5.13. The molecule has 0 unspecified atom stereocenters. The van der Waals surface area contributed by atoms with Gasteiger partial charge in [0, 0.05) is 12.4 Å². The van der Waals surface area contributed by atoms with Gasteiger partial charge in [0.05, 0.1) is 17.4 Å². The molecule has 1 aromatic heterocycles. The summed E-state index contributed by atoms with van der Waals surface area (Å²) in [5.74, 6) is 0. The summed E-state index contributed by atoms with van der Waals surface area (Å²) in [4.78, 5) is 22.6. The Balaban J connectivity index is 2.39. The highest BCUT2D eigenvalue weighted by Crippen LogP contribution is 1.99. The molecule has 5 nitrogen and oxygen atoms in total. The number of hydrogen-bond donors (Lipinski definition) is 0. The van der Waals surface area contributed by atoms with Crippen molar-refractivity contribution in [3.05, 3.63) is 47.6 Å². The molecular weight excluding hydrogens is 192 g/mol. The number of fused-ring (bicyclic) bond motifs is 1. The largest absolute Gasteiger partial charge is 0.368 e. The van der Waals surface area contributed by atoms with Crippen molar-refractivity contribution in [2.24, 2.45) is 9.98 Å². The minimum atomic E-state index is -0.447. The van der Waals surface area contributed by atoms with Crippen molar-refractivity contribution in [3.8, 4) is 5.69 Å². The fraction of sp³-hybridized carbons (Fsp3) is 0. The highest BCUT2D eigenvalue weighted by atomic mass is 16.2. The molecule has 0 atom stereocenters. The lowest BCUT2D eigenvalue weighted by atomic mass is 10.3. The second kappa shape index (κ2) is 2.84. The molecule has 2 heterocycles. The number of aromatic nitrogens is 2. The van der Waals surface area contributed by atoms with Gasteiger partial charge in [0.15, 0.2) is 0 Å². The Morgan fingerprint density at radius 3 is 2.93 bits per heavy atom. The molecule has 15 heavy (non-hydrogen) atoms. The van der Waals surface area contributed by atoms with Crippen LogP contribution in [0.5, 0.6) is 0 Å². The zero-order chi connectivity index (χ0) is 10.3.